The van der Waals surface area contributed by atoms with Crippen molar-refractivity contribution in [1.29, 1.82) is 0 Å². The summed E-state index contributed by atoms with van der Waals surface area (Å²) < 4.78 is 0. The number of benzene rings is 2. The molecule has 3 heterocycles. The zero-order valence-corrected chi connectivity index (χ0v) is 18.4. The lowest BCUT2D eigenvalue weighted by atomic mass is 9.94. The average molecular weight is 433 g/mol. The molecule has 1 unspecified atom stereocenters. The van der Waals surface area contributed by atoms with Gasteiger partial charge >= 0.3 is 0 Å². The molecule has 166 valence electrons. The van der Waals surface area contributed by atoms with Crippen LogP contribution in [0.3, 0.4) is 0 Å². The summed E-state index contributed by atoms with van der Waals surface area (Å²) in [6.45, 7) is 3.20. The third-order valence-electron chi connectivity index (χ3n) is 6.91. The highest BCUT2D eigenvalue weighted by Crippen LogP contribution is 2.46. The second-order valence-electron chi connectivity index (χ2n) is 8.89. The predicted molar refractivity (Wildman–Crippen MR) is 121 cm³/mol. The molecule has 2 aromatic carbocycles. The first-order chi connectivity index (χ1) is 15.5. The van der Waals surface area contributed by atoms with Crippen LogP contribution in [-0.4, -0.2) is 71.3 Å². The zero-order valence-electron chi connectivity index (χ0n) is 18.4. The van der Waals surface area contributed by atoms with Crippen molar-refractivity contribution in [3.8, 4) is 0 Å². The molecule has 7 heteroatoms. The fraction of sp³-hybridized carbons (Fsp3) is 0.400. The molecule has 3 amide bonds. The van der Waals surface area contributed by atoms with Crippen LogP contribution in [0.1, 0.15) is 35.2 Å². The molecule has 2 saturated heterocycles. The van der Waals surface area contributed by atoms with Crippen LogP contribution in [0.2, 0.25) is 0 Å². The molecule has 0 N–H and O–H groups in total. The van der Waals surface area contributed by atoms with Crippen LogP contribution in [-0.2, 0) is 16.1 Å². The van der Waals surface area contributed by atoms with Gasteiger partial charge in [0.2, 0.25) is 11.6 Å². The number of para-hydroxylation sites is 1. The van der Waals surface area contributed by atoms with Gasteiger partial charge in [-0.05, 0) is 37.7 Å². The molecule has 0 radical (unpaired) electrons. The lowest BCUT2D eigenvalue weighted by Crippen LogP contribution is -2.70. The maximum atomic E-state index is 14.2. The van der Waals surface area contributed by atoms with Gasteiger partial charge in [0, 0.05) is 39.0 Å². The smallest absolute Gasteiger partial charge is 0.270 e. The Bertz CT molecular complexity index is 1060. The summed E-state index contributed by atoms with van der Waals surface area (Å²) in [5, 5.41) is 0. The predicted octanol–water partition coefficient (Wildman–Crippen LogP) is 2.33. The van der Waals surface area contributed by atoms with Gasteiger partial charge in [-0.2, -0.15) is 0 Å². The van der Waals surface area contributed by atoms with E-state index in [1.54, 1.807) is 28.0 Å². The summed E-state index contributed by atoms with van der Waals surface area (Å²) in [4.78, 5) is 48.6. The van der Waals surface area contributed by atoms with Gasteiger partial charge in [0.15, 0.2) is 0 Å². The molecule has 7 nitrogen and oxygen atoms in total. The second-order valence-corrected chi connectivity index (χ2v) is 8.89. The van der Waals surface area contributed by atoms with E-state index < -0.39 is 5.66 Å². The minimum absolute atomic E-state index is 0.108. The summed E-state index contributed by atoms with van der Waals surface area (Å²) in [7, 11) is 2.06. The Morgan fingerprint density at radius 3 is 2.50 bits per heavy atom. The second kappa shape index (κ2) is 8.06. The molecule has 5 rings (SSSR count). The van der Waals surface area contributed by atoms with E-state index in [0.29, 0.717) is 30.8 Å². The fourth-order valence-corrected chi connectivity index (χ4v) is 5.25. The van der Waals surface area contributed by atoms with Crippen molar-refractivity contribution in [2.45, 2.75) is 31.5 Å². The van der Waals surface area contributed by atoms with Crippen molar-refractivity contribution in [1.82, 2.24) is 14.7 Å². The summed E-state index contributed by atoms with van der Waals surface area (Å²) in [6, 6.07) is 16.8. The SMILES string of the molecule is CN1CCCN(C(=O)C23CCC(=O)N2c2ccccc2C(=O)N3Cc2ccccc2)CC1. The van der Waals surface area contributed by atoms with Crippen LogP contribution >= 0.6 is 0 Å². The van der Waals surface area contributed by atoms with Crippen LogP contribution < -0.4 is 4.90 Å². The Morgan fingerprint density at radius 2 is 1.69 bits per heavy atom. The highest BCUT2D eigenvalue weighted by Gasteiger charge is 2.61. The highest BCUT2D eigenvalue weighted by atomic mass is 16.2. The van der Waals surface area contributed by atoms with Gasteiger partial charge in [0.1, 0.15) is 0 Å². The van der Waals surface area contributed by atoms with Gasteiger partial charge in [0.05, 0.1) is 11.3 Å². The number of nitrogens with zero attached hydrogens (tertiary/aromatic N) is 4. The summed E-state index contributed by atoms with van der Waals surface area (Å²) in [6.07, 6.45) is 1.42. The molecule has 0 spiro atoms. The van der Waals surface area contributed by atoms with Gasteiger partial charge in [-0.1, -0.05) is 42.5 Å². The van der Waals surface area contributed by atoms with E-state index in [9.17, 15) is 14.4 Å². The number of hydrogen-bond donors (Lipinski definition) is 0. The summed E-state index contributed by atoms with van der Waals surface area (Å²) >= 11 is 0. The normalized spacial score (nSPS) is 23.7. The first-order valence-corrected chi connectivity index (χ1v) is 11.3. The molecule has 0 bridgehead atoms. The lowest BCUT2D eigenvalue weighted by Gasteiger charge is -2.50. The molecule has 2 aromatic rings. The maximum absolute atomic E-state index is 14.2. The number of amides is 3. The summed E-state index contributed by atoms with van der Waals surface area (Å²) in [5.41, 5.74) is 0.631. The molecular weight excluding hydrogens is 404 g/mol. The molecule has 0 aromatic heterocycles. The van der Waals surface area contributed by atoms with Crippen LogP contribution in [0.15, 0.2) is 54.6 Å². The third-order valence-corrected chi connectivity index (χ3v) is 6.91. The number of fused-ring (bicyclic) bond motifs is 3. The Morgan fingerprint density at radius 1 is 0.938 bits per heavy atom. The quantitative estimate of drug-likeness (QED) is 0.747. The molecular formula is C25H28N4O3. The Balaban J connectivity index is 1.64. The van der Waals surface area contributed by atoms with E-state index in [1.165, 1.54) is 0 Å². The molecule has 3 aliphatic rings. The van der Waals surface area contributed by atoms with Crippen molar-refractivity contribution in [2.75, 3.05) is 38.1 Å². The molecule has 2 fully saturated rings. The van der Waals surface area contributed by atoms with Gasteiger partial charge < -0.3 is 14.7 Å². The van der Waals surface area contributed by atoms with E-state index in [1.807, 2.05) is 41.3 Å². The van der Waals surface area contributed by atoms with Crippen molar-refractivity contribution in [3.63, 3.8) is 0 Å². The molecule has 0 aliphatic carbocycles. The van der Waals surface area contributed by atoms with Crippen molar-refractivity contribution in [3.05, 3.63) is 65.7 Å². The fourth-order valence-electron chi connectivity index (χ4n) is 5.25. The molecule has 1 atom stereocenters. The van der Waals surface area contributed by atoms with Gasteiger partial charge in [-0.15, -0.1) is 0 Å². The topological polar surface area (TPSA) is 64.2 Å². The standard InChI is InChI=1S/C25H28N4O3/c1-26-14-7-15-27(17-16-26)24(32)25-13-12-22(30)29(25)21-11-6-5-10-20(21)23(31)28(25)18-19-8-3-2-4-9-19/h2-6,8-11H,7,12-18H2,1H3. The number of hydrogen-bond acceptors (Lipinski definition) is 4. The van der Waals surface area contributed by atoms with Crippen molar-refractivity contribution in [2.24, 2.45) is 0 Å². The number of likely N-dealkylation sites (N-methyl/N-ethyl adjacent to an activating group) is 1. The van der Waals surface area contributed by atoms with E-state index in [-0.39, 0.29) is 30.7 Å². The van der Waals surface area contributed by atoms with Crippen LogP contribution in [0.5, 0.6) is 0 Å². The third kappa shape index (κ3) is 3.19. The van der Waals surface area contributed by atoms with Crippen LogP contribution in [0, 0.1) is 0 Å². The largest absolute Gasteiger partial charge is 0.338 e. The Kier molecular flexibility index (Phi) is 5.21. The molecule has 0 saturated carbocycles. The van der Waals surface area contributed by atoms with Crippen molar-refractivity contribution < 1.29 is 14.4 Å². The van der Waals surface area contributed by atoms with E-state index in [0.717, 1.165) is 25.1 Å². The van der Waals surface area contributed by atoms with Crippen LogP contribution in [0.25, 0.3) is 0 Å². The average Bonchev–Trinajstić information content (AvgIpc) is 3.02. The van der Waals surface area contributed by atoms with E-state index >= 15 is 0 Å². The zero-order chi connectivity index (χ0) is 22.3. The first-order valence-electron chi connectivity index (χ1n) is 11.3. The minimum Gasteiger partial charge on any atom is -0.338 e. The number of rotatable bonds is 3. The van der Waals surface area contributed by atoms with Gasteiger partial charge in [-0.3, -0.25) is 19.3 Å². The van der Waals surface area contributed by atoms with E-state index in [4.69, 9.17) is 0 Å². The lowest BCUT2D eigenvalue weighted by molar-refractivity contribution is -0.144. The molecule has 32 heavy (non-hydrogen) atoms. The monoisotopic (exact) mass is 432 g/mol. The number of carbonyl (C=O) groups is 3. The van der Waals surface area contributed by atoms with Crippen LogP contribution in [0.4, 0.5) is 5.69 Å². The van der Waals surface area contributed by atoms with E-state index in [2.05, 4.69) is 11.9 Å². The molecule has 3 aliphatic heterocycles. The van der Waals surface area contributed by atoms with Gasteiger partial charge in [0.25, 0.3) is 11.8 Å². The highest BCUT2D eigenvalue weighted by molar-refractivity contribution is 6.16. The summed E-state index contributed by atoms with van der Waals surface area (Å²) in [5.74, 6) is -0.448. The van der Waals surface area contributed by atoms with Crippen molar-refractivity contribution >= 4 is 23.4 Å². The number of carbonyl (C=O) groups excluding carboxylic acids is 3. The minimum atomic E-state index is -1.32. The first kappa shape index (κ1) is 20.7. The van der Waals surface area contributed by atoms with Gasteiger partial charge in [-0.25, -0.2) is 0 Å². The Labute approximate surface area is 188 Å². The Hall–Kier alpha value is -3.19. The number of anilines is 1. The maximum Gasteiger partial charge on any atom is 0.270 e.